The predicted molar refractivity (Wildman–Crippen MR) is 80.9 cm³/mol. The van der Waals surface area contributed by atoms with Crippen LogP contribution in [-0.2, 0) is 11.3 Å². The smallest absolute Gasteiger partial charge is 0.147 e. The van der Waals surface area contributed by atoms with E-state index in [0.29, 0.717) is 6.04 Å². The minimum Gasteiger partial charge on any atom is -0.381 e. The van der Waals surface area contributed by atoms with E-state index in [4.69, 9.17) is 4.74 Å². The molecule has 0 atom stereocenters. The van der Waals surface area contributed by atoms with Crippen LogP contribution in [-0.4, -0.2) is 41.8 Å². The topological polar surface area (TPSA) is 50.3 Å². The number of nitrogens with zero attached hydrogens (tertiary/aromatic N) is 3. The summed E-state index contributed by atoms with van der Waals surface area (Å²) in [5.74, 6) is 0.941. The Balaban J connectivity index is 1.93. The third kappa shape index (κ3) is 4.42. The highest BCUT2D eigenvalue weighted by Crippen LogP contribution is 2.18. The van der Waals surface area contributed by atoms with Crippen LogP contribution in [0.1, 0.15) is 39.3 Å². The van der Waals surface area contributed by atoms with Crippen LogP contribution in [0.5, 0.6) is 0 Å². The minimum absolute atomic E-state index is 0.0965. The van der Waals surface area contributed by atoms with Crippen LogP contribution in [0.2, 0.25) is 0 Å². The Morgan fingerprint density at radius 3 is 2.50 bits per heavy atom. The van der Waals surface area contributed by atoms with Gasteiger partial charge in [0.2, 0.25) is 0 Å². The molecule has 20 heavy (non-hydrogen) atoms. The lowest BCUT2D eigenvalue weighted by molar-refractivity contribution is 0.0853. The maximum Gasteiger partial charge on any atom is 0.147 e. The summed E-state index contributed by atoms with van der Waals surface area (Å²) in [5.41, 5.74) is 1.07. The maximum absolute atomic E-state index is 5.40. The molecule has 1 aliphatic heterocycles. The standard InChI is InChI=1S/C15H26N4O/c1-15(2,3)18-10-12-9-17-14(11-16-12)19(4)13-5-7-20-8-6-13/h9,11,13,18H,5-8,10H2,1-4H3. The molecule has 5 nitrogen and oxygen atoms in total. The SMILES string of the molecule is CN(c1cnc(CNC(C)(C)C)cn1)C1CCOCC1. The summed E-state index contributed by atoms with van der Waals surface area (Å²) in [6.07, 6.45) is 5.86. The lowest BCUT2D eigenvalue weighted by Gasteiger charge is -2.31. The zero-order valence-electron chi connectivity index (χ0n) is 13.0. The van der Waals surface area contributed by atoms with Gasteiger partial charge >= 0.3 is 0 Å². The van der Waals surface area contributed by atoms with Gasteiger partial charge in [0.15, 0.2) is 0 Å². The molecule has 0 spiro atoms. The summed E-state index contributed by atoms with van der Waals surface area (Å²) in [6.45, 7) is 8.87. The van der Waals surface area contributed by atoms with Gasteiger partial charge in [0.05, 0.1) is 18.1 Å². The van der Waals surface area contributed by atoms with Crippen LogP contribution in [0.4, 0.5) is 5.82 Å². The van der Waals surface area contributed by atoms with Crippen molar-refractivity contribution in [2.45, 2.75) is 51.7 Å². The van der Waals surface area contributed by atoms with E-state index in [-0.39, 0.29) is 5.54 Å². The van der Waals surface area contributed by atoms with E-state index in [0.717, 1.165) is 44.1 Å². The molecule has 0 saturated carbocycles. The second-order valence-corrected chi connectivity index (χ2v) is 6.42. The van der Waals surface area contributed by atoms with E-state index in [1.807, 2.05) is 12.4 Å². The van der Waals surface area contributed by atoms with Crippen molar-refractivity contribution in [3.63, 3.8) is 0 Å². The van der Waals surface area contributed by atoms with Crippen molar-refractivity contribution >= 4 is 5.82 Å². The van der Waals surface area contributed by atoms with Gasteiger partial charge in [-0.05, 0) is 33.6 Å². The molecule has 112 valence electrons. The van der Waals surface area contributed by atoms with Crippen LogP contribution in [0.3, 0.4) is 0 Å². The molecule has 5 heteroatoms. The number of ether oxygens (including phenoxy) is 1. The first-order valence-electron chi connectivity index (χ1n) is 7.32. The number of rotatable bonds is 4. The van der Waals surface area contributed by atoms with Gasteiger partial charge in [-0.3, -0.25) is 4.98 Å². The van der Waals surface area contributed by atoms with Crippen LogP contribution in [0, 0.1) is 0 Å². The predicted octanol–water partition coefficient (Wildman–Crippen LogP) is 1.98. The van der Waals surface area contributed by atoms with Crippen molar-refractivity contribution in [2.75, 3.05) is 25.2 Å². The Labute approximate surface area is 121 Å². The normalized spacial score (nSPS) is 17.2. The molecule has 0 aromatic carbocycles. The van der Waals surface area contributed by atoms with E-state index >= 15 is 0 Å². The third-order valence-electron chi connectivity index (χ3n) is 3.59. The molecule has 1 aromatic heterocycles. The van der Waals surface area contributed by atoms with E-state index in [2.05, 4.69) is 48.0 Å². The van der Waals surface area contributed by atoms with Gasteiger partial charge in [0, 0.05) is 38.4 Å². The van der Waals surface area contributed by atoms with Crippen LogP contribution in [0.25, 0.3) is 0 Å². The van der Waals surface area contributed by atoms with Crippen LogP contribution >= 0.6 is 0 Å². The van der Waals surface area contributed by atoms with Gasteiger partial charge in [-0.2, -0.15) is 0 Å². The largest absolute Gasteiger partial charge is 0.381 e. The Kier molecular flexibility index (Phi) is 4.94. The van der Waals surface area contributed by atoms with Crippen molar-refractivity contribution in [1.82, 2.24) is 15.3 Å². The lowest BCUT2D eigenvalue weighted by Crippen LogP contribution is -2.37. The summed E-state index contributed by atoms with van der Waals surface area (Å²) < 4.78 is 5.40. The third-order valence-corrected chi connectivity index (χ3v) is 3.59. The molecule has 1 fully saturated rings. The molecule has 2 heterocycles. The fourth-order valence-electron chi connectivity index (χ4n) is 2.24. The summed E-state index contributed by atoms with van der Waals surface area (Å²) in [4.78, 5) is 11.3. The van der Waals surface area contributed by atoms with Crippen molar-refractivity contribution in [3.05, 3.63) is 18.1 Å². The second-order valence-electron chi connectivity index (χ2n) is 6.42. The van der Waals surface area contributed by atoms with E-state index in [1.54, 1.807) is 0 Å². The Morgan fingerprint density at radius 2 is 1.95 bits per heavy atom. The van der Waals surface area contributed by atoms with Crippen LogP contribution < -0.4 is 10.2 Å². The van der Waals surface area contributed by atoms with Gasteiger partial charge < -0.3 is 15.0 Å². The first kappa shape index (κ1) is 15.2. The summed E-state index contributed by atoms with van der Waals surface area (Å²) >= 11 is 0. The van der Waals surface area contributed by atoms with Gasteiger partial charge in [-0.1, -0.05) is 0 Å². The van der Waals surface area contributed by atoms with E-state index in [9.17, 15) is 0 Å². The molecule has 2 rings (SSSR count). The molecule has 0 radical (unpaired) electrons. The van der Waals surface area contributed by atoms with Crippen molar-refractivity contribution in [1.29, 1.82) is 0 Å². The number of hydrogen-bond acceptors (Lipinski definition) is 5. The summed E-state index contributed by atoms with van der Waals surface area (Å²) in [6, 6.07) is 0.511. The monoisotopic (exact) mass is 278 g/mol. The average molecular weight is 278 g/mol. The number of aromatic nitrogens is 2. The van der Waals surface area contributed by atoms with E-state index < -0.39 is 0 Å². The Bertz CT molecular complexity index is 407. The molecule has 0 aliphatic carbocycles. The van der Waals surface area contributed by atoms with Crippen molar-refractivity contribution < 1.29 is 4.74 Å². The fraction of sp³-hybridized carbons (Fsp3) is 0.733. The fourth-order valence-corrected chi connectivity index (χ4v) is 2.24. The Morgan fingerprint density at radius 1 is 1.25 bits per heavy atom. The molecule has 1 aliphatic rings. The molecule has 1 N–H and O–H groups in total. The highest BCUT2D eigenvalue weighted by atomic mass is 16.5. The Hall–Kier alpha value is -1.20. The minimum atomic E-state index is 0.0965. The molecule has 0 bridgehead atoms. The van der Waals surface area contributed by atoms with Crippen molar-refractivity contribution in [2.24, 2.45) is 0 Å². The average Bonchev–Trinajstić information content (AvgIpc) is 2.45. The molecule has 1 saturated heterocycles. The number of hydrogen-bond donors (Lipinski definition) is 1. The molecule has 0 unspecified atom stereocenters. The quantitative estimate of drug-likeness (QED) is 0.912. The zero-order chi connectivity index (χ0) is 14.6. The van der Waals surface area contributed by atoms with Crippen molar-refractivity contribution in [3.8, 4) is 0 Å². The highest BCUT2D eigenvalue weighted by molar-refractivity contribution is 5.36. The molecule has 1 aromatic rings. The van der Waals surface area contributed by atoms with Gasteiger partial charge in [0.1, 0.15) is 5.82 Å². The second kappa shape index (κ2) is 6.50. The zero-order valence-corrected chi connectivity index (χ0v) is 13.0. The maximum atomic E-state index is 5.40. The number of nitrogens with one attached hydrogen (secondary N) is 1. The molecule has 0 amide bonds. The van der Waals surface area contributed by atoms with Gasteiger partial charge in [-0.15, -0.1) is 0 Å². The van der Waals surface area contributed by atoms with E-state index in [1.165, 1.54) is 0 Å². The van der Waals surface area contributed by atoms with Gasteiger partial charge in [0.25, 0.3) is 0 Å². The summed E-state index contributed by atoms with van der Waals surface area (Å²) in [7, 11) is 2.09. The summed E-state index contributed by atoms with van der Waals surface area (Å²) in [5, 5.41) is 3.42. The first-order chi connectivity index (χ1) is 9.46. The van der Waals surface area contributed by atoms with Gasteiger partial charge in [-0.25, -0.2) is 4.98 Å². The highest BCUT2D eigenvalue weighted by Gasteiger charge is 2.19. The van der Waals surface area contributed by atoms with Crippen LogP contribution in [0.15, 0.2) is 12.4 Å². The number of anilines is 1. The molecular weight excluding hydrogens is 252 g/mol. The molecular formula is C15H26N4O. The first-order valence-corrected chi connectivity index (χ1v) is 7.32. The lowest BCUT2D eigenvalue weighted by atomic mass is 10.1.